The van der Waals surface area contributed by atoms with E-state index in [0.717, 1.165) is 6.42 Å². The van der Waals surface area contributed by atoms with E-state index in [1.165, 1.54) is 12.0 Å². The van der Waals surface area contributed by atoms with Crippen molar-refractivity contribution in [1.82, 2.24) is 0 Å². The molecule has 0 bridgehead atoms. The average molecular weight is 216 g/mol. The molecule has 1 aromatic heterocycles. The zero-order valence-electron chi connectivity index (χ0n) is 7.40. The molecule has 0 aromatic carbocycles. The van der Waals surface area contributed by atoms with Gasteiger partial charge in [0.2, 0.25) is 0 Å². The summed E-state index contributed by atoms with van der Waals surface area (Å²) in [6.07, 6.45) is 0.730. The van der Waals surface area contributed by atoms with Crippen molar-refractivity contribution in [2.24, 2.45) is 5.92 Å². The summed E-state index contributed by atoms with van der Waals surface area (Å²) in [6, 6.07) is 4.00. The van der Waals surface area contributed by atoms with Crippen molar-refractivity contribution in [3.63, 3.8) is 0 Å². The van der Waals surface area contributed by atoms with Gasteiger partial charge < -0.3 is 4.74 Å². The molecule has 13 heavy (non-hydrogen) atoms. The fourth-order valence-corrected chi connectivity index (χ4v) is 2.13. The smallest absolute Gasteiger partial charge is 0.309 e. The van der Waals surface area contributed by atoms with E-state index in [1.54, 1.807) is 11.3 Å². The zero-order chi connectivity index (χ0) is 9.68. The largest absolute Gasteiger partial charge is 0.469 e. The summed E-state index contributed by atoms with van der Waals surface area (Å²) in [5.41, 5.74) is 0. The first-order valence-electron chi connectivity index (χ1n) is 3.99. The maximum Gasteiger partial charge on any atom is 0.309 e. The predicted octanol–water partition coefficient (Wildman–Crippen LogP) is 2.01. The molecule has 0 fully saturated rings. The maximum atomic E-state index is 11.2. The summed E-state index contributed by atoms with van der Waals surface area (Å²) < 4.78 is 4.67. The van der Waals surface area contributed by atoms with Crippen LogP contribution in [0.25, 0.3) is 0 Å². The van der Waals surface area contributed by atoms with Crippen molar-refractivity contribution < 1.29 is 9.53 Å². The highest BCUT2D eigenvalue weighted by atomic mass is 32.1. The normalized spacial score (nSPS) is 12.5. The molecule has 0 amide bonds. The highest BCUT2D eigenvalue weighted by Crippen LogP contribution is 2.16. The van der Waals surface area contributed by atoms with E-state index < -0.39 is 0 Å². The van der Waals surface area contributed by atoms with Crippen LogP contribution in [0, 0.1) is 5.92 Å². The number of hydrogen-bond acceptors (Lipinski definition) is 4. The third-order valence-electron chi connectivity index (χ3n) is 1.78. The minimum atomic E-state index is -0.177. The lowest BCUT2D eigenvalue weighted by molar-refractivity contribution is -0.144. The van der Waals surface area contributed by atoms with Crippen LogP contribution >= 0.6 is 24.0 Å². The Labute approximate surface area is 87.3 Å². The molecule has 72 valence electrons. The molecule has 0 spiro atoms. The fourth-order valence-electron chi connectivity index (χ4n) is 1.06. The van der Waals surface area contributed by atoms with Crippen LogP contribution in [0.2, 0.25) is 0 Å². The van der Waals surface area contributed by atoms with Crippen molar-refractivity contribution in [1.29, 1.82) is 0 Å². The van der Waals surface area contributed by atoms with Gasteiger partial charge in [0.05, 0.1) is 13.0 Å². The van der Waals surface area contributed by atoms with Crippen LogP contribution in [-0.2, 0) is 16.0 Å². The molecule has 1 aromatic rings. The van der Waals surface area contributed by atoms with E-state index in [2.05, 4.69) is 17.4 Å². The predicted molar refractivity (Wildman–Crippen MR) is 57.4 cm³/mol. The van der Waals surface area contributed by atoms with Gasteiger partial charge in [-0.2, -0.15) is 12.6 Å². The van der Waals surface area contributed by atoms with E-state index in [0.29, 0.717) is 5.75 Å². The fraction of sp³-hybridized carbons (Fsp3) is 0.444. The molecule has 0 saturated heterocycles. The van der Waals surface area contributed by atoms with Crippen LogP contribution in [-0.4, -0.2) is 18.8 Å². The number of methoxy groups -OCH3 is 1. The summed E-state index contributed by atoms with van der Waals surface area (Å²) in [7, 11) is 1.41. The van der Waals surface area contributed by atoms with E-state index >= 15 is 0 Å². The Hall–Kier alpha value is -0.480. The Morgan fingerprint density at radius 1 is 1.77 bits per heavy atom. The van der Waals surface area contributed by atoms with Gasteiger partial charge >= 0.3 is 5.97 Å². The molecule has 0 aliphatic heterocycles. The van der Waals surface area contributed by atoms with Crippen LogP contribution in [0.4, 0.5) is 0 Å². The molecule has 0 aliphatic carbocycles. The van der Waals surface area contributed by atoms with Crippen LogP contribution in [0.3, 0.4) is 0 Å². The van der Waals surface area contributed by atoms with Crippen LogP contribution in [0.15, 0.2) is 17.5 Å². The van der Waals surface area contributed by atoms with Crippen molar-refractivity contribution in [2.75, 3.05) is 12.9 Å². The number of carbonyl (C=O) groups is 1. The Morgan fingerprint density at radius 3 is 3.00 bits per heavy atom. The number of thiophene rings is 1. The lowest BCUT2D eigenvalue weighted by Crippen LogP contribution is -2.19. The highest BCUT2D eigenvalue weighted by molar-refractivity contribution is 7.80. The van der Waals surface area contributed by atoms with Gasteiger partial charge in [0.1, 0.15) is 0 Å². The lowest BCUT2D eigenvalue weighted by atomic mass is 10.1. The first-order valence-corrected chi connectivity index (χ1v) is 5.50. The first-order chi connectivity index (χ1) is 6.27. The molecule has 1 atom stereocenters. The summed E-state index contributed by atoms with van der Waals surface area (Å²) in [5, 5.41) is 2.00. The van der Waals surface area contributed by atoms with Crippen molar-refractivity contribution >= 4 is 29.9 Å². The van der Waals surface area contributed by atoms with Crippen molar-refractivity contribution in [2.45, 2.75) is 6.42 Å². The molecule has 1 rings (SSSR count). The summed E-state index contributed by atoms with van der Waals surface area (Å²) in [6.45, 7) is 0. The van der Waals surface area contributed by atoms with Crippen LogP contribution in [0.1, 0.15) is 4.88 Å². The molecule has 1 heterocycles. The van der Waals surface area contributed by atoms with Gasteiger partial charge in [0.25, 0.3) is 0 Å². The maximum absolute atomic E-state index is 11.2. The topological polar surface area (TPSA) is 26.3 Å². The van der Waals surface area contributed by atoms with E-state index in [4.69, 9.17) is 0 Å². The highest BCUT2D eigenvalue weighted by Gasteiger charge is 2.17. The van der Waals surface area contributed by atoms with Crippen LogP contribution < -0.4 is 0 Å². The molecule has 0 aliphatic rings. The Bertz CT molecular complexity index is 257. The van der Waals surface area contributed by atoms with E-state index in [-0.39, 0.29) is 11.9 Å². The minimum absolute atomic E-state index is 0.119. The molecular formula is C9H12O2S2. The molecule has 4 heteroatoms. The Kier molecular flexibility index (Phi) is 4.32. The monoisotopic (exact) mass is 216 g/mol. The zero-order valence-corrected chi connectivity index (χ0v) is 9.11. The van der Waals surface area contributed by atoms with Gasteiger partial charge in [-0.1, -0.05) is 6.07 Å². The number of ether oxygens (including phenoxy) is 1. The quantitative estimate of drug-likeness (QED) is 0.615. The Morgan fingerprint density at radius 2 is 2.54 bits per heavy atom. The second kappa shape index (κ2) is 5.29. The van der Waals surface area contributed by atoms with Gasteiger partial charge in [-0.3, -0.25) is 4.79 Å². The third kappa shape index (κ3) is 3.04. The second-order valence-electron chi connectivity index (χ2n) is 2.69. The van der Waals surface area contributed by atoms with Crippen molar-refractivity contribution in [3.05, 3.63) is 22.4 Å². The SMILES string of the molecule is COC(=O)C(CS)Cc1cccs1. The second-order valence-corrected chi connectivity index (χ2v) is 4.08. The van der Waals surface area contributed by atoms with Crippen LogP contribution in [0.5, 0.6) is 0 Å². The molecule has 1 unspecified atom stereocenters. The van der Waals surface area contributed by atoms with Gasteiger partial charge in [0, 0.05) is 10.6 Å². The summed E-state index contributed by atoms with van der Waals surface area (Å²) in [5.74, 6) is 0.236. The number of rotatable bonds is 4. The van der Waals surface area contributed by atoms with E-state index in [1.807, 2.05) is 17.5 Å². The third-order valence-corrected chi connectivity index (χ3v) is 3.12. The Balaban J connectivity index is 2.54. The molecule has 0 N–H and O–H groups in total. The lowest BCUT2D eigenvalue weighted by Gasteiger charge is -2.09. The molecule has 0 radical (unpaired) electrons. The standard InChI is InChI=1S/C9H12O2S2/c1-11-9(10)7(6-12)5-8-3-2-4-13-8/h2-4,7,12H,5-6H2,1H3. The molecule has 0 saturated carbocycles. The molecular weight excluding hydrogens is 204 g/mol. The minimum Gasteiger partial charge on any atom is -0.469 e. The van der Waals surface area contributed by atoms with Crippen molar-refractivity contribution in [3.8, 4) is 0 Å². The number of hydrogen-bond donors (Lipinski definition) is 1. The average Bonchev–Trinajstić information content (AvgIpc) is 2.65. The first kappa shape index (κ1) is 10.6. The number of esters is 1. The number of thiol groups is 1. The number of carbonyl (C=O) groups excluding carboxylic acids is 1. The van der Waals surface area contributed by atoms with Gasteiger partial charge in [-0.25, -0.2) is 0 Å². The van der Waals surface area contributed by atoms with Gasteiger partial charge in [0.15, 0.2) is 0 Å². The summed E-state index contributed by atoms with van der Waals surface area (Å²) >= 11 is 5.78. The molecule has 2 nitrogen and oxygen atoms in total. The summed E-state index contributed by atoms with van der Waals surface area (Å²) in [4.78, 5) is 12.4. The van der Waals surface area contributed by atoms with Gasteiger partial charge in [-0.05, 0) is 17.9 Å². The van der Waals surface area contributed by atoms with E-state index in [9.17, 15) is 4.79 Å². The van der Waals surface area contributed by atoms with Gasteiger partial charge in [-0.15, -0.1) is 11.3 Å².